The van der Waals surface area contributed by atoms with Crippen molar-refractivity contribution < 1.29 is 9.53 Å². The number of rotatable bonds is 1. The first-order valence-corrected chi connectivity index (χ1v) is 6.66. The highest BCUT2D eigenvalue weighted by molar-refractivity contribution is 7.10. The minimum atomic E-state index is -0.199. The number of carbonyl (C=O) groups excluding carboxylic acids is 1. The fourth-order valence-electron chi connectivity index (χ4n) is 2.24. The third kappa shape index (κ3) is 1.78. The number of carbonyl (C=O) groups is 1. The molecular weight excluding hydrogens is 246 g/mol. The maximum atomic E-state index is 12.2. The summed E-state index contributed by atoms with van der Waals surface area (Å²) in [6.07, 6.45) is 0.186. The molecule has 0 saturated carbocycles. The van der Waals surface area contributed by atoms with E-state index in [1.165, 1.54) is 0 Å². The Balaban J connectivity index is 2.05. The molecule has 18 heavy (non-hydrogen) atoms. The number of ether oxygens (including phenoxy) is 1. The second-order valence-corrected chi connectivity index (χ2v) is 5.46. The van der Waals surface area contributed by atoms with Crippen LogP contribution in [0.25, 0.3) is 0 Å². The highest BCUT2D eigenvalue weighted by atomic mass is 32.1. The Morgan fingerprint density at radius 3 is 3.00 bits per heavy atom. The Bertz CT molecular complexity index is 605. The molecule has 1 atom stereocenters. The van der Waals surface area contributed by atoms with E-state index in [2.05, 4.69) is 0 Å². The summed E-state index contributed by atoms with van der Waals surface area (Å²) in [5.74, 6) is 0.639. The molecule has 0 aliphatic carbocycles. The molecule has 0 bridgehead atoms. The Labute approximate surface area is 109 Å². The second-order valence-electron chi connectivity index (χ2n) is 4.48. The Morgan fingerprint density at radius 2 is 2.28 bits per heavy atom. The number of hydrogen-bond donors (Lipinski definition) is 1. The molecule has 1 aliphatic heterocycles. The van der Waals surface area contributed by atoms with Gasteiger partial charge in [0.2, 0.25) is 0 Å². The van der Waals surface area contributed by atoms with Crippen molar-refractivity contribution in [1.29, 1.82) is 0 Å². The van der Waals surface area contributed by atoms with Gasteiger partial charge in [0.05, 0.1) is 17.7 Å². The quantitative estimate of drug-likeness (QED) is 0.799. The van der Waals surface area contributed by atoms with Gasteiger partial charge >= 0.3 is 0 Å². The van der Waals surface area contributed by atoms with Crippen LogP contribution in [-0.4, -0.2) is 5.78 Å². The third-order valence-electron chi connectivity index (χ3n) is 3.05. The van der Waals surface area contributed by atoms with Crippen LogP contribution in [0.3, 0.4) is 0 Å². The van der Waals surface area contributed by atoms with E-state index in [0.29, 0.717) is 23.4 Å². The van der Waals surface area contributed by atoms with Gasteiger partial charge < -0.3 is 10.5 Å². The SMILES string of the molecule is Cc1cc(N)c2c(c1)C(=O)CC(c1cccs1)O2. The van der Waals surface area contributed by atoms with Gasteiger partial charge in [0.15, 0.2) is 11.5 Å². The summed E-state index contributed by atoms with van der Waals surface area (Å²) in [5.41, 5.74) is 8.08. The first-order valence-electron chi connectivity index (χ1n) is 5.78. The van der Waals surface area contributed by atoms with Gasteiger partial charge in [-0.25, -0.2) is 0 Å². The number of aryl methyl sites for hydroxylation is 1. The van der Waals surface area contributed by atoms with Crippen molar-refractivity contribution in [3.8, 4) is 5.75 Å². The largest absolute Gasteiger partial charge is 0.481 e. The fraction of sp³-hybridized carbons (Fsp3) is 0.214. The number of Topliss-reactive ketones (excluding diaryl/α,β-unsaturated/α-hetero) is 1. The van der Waals surface area contributed by atoms with Gasteiger partial charge in [-0.1, -0.05) is 6.07 Å². The van der Waals surface area contributed by atoms with Crippen molar-refractivity contribution in [1.82, 2.24) is 0 Å². The lowest BCUT2D eigenvalue weighted by Gasteiger charge is -2.25. The van der Waals surface area contributed by atoms with E-state index in [1.807, 2.05) is 36.6 Å². The Kier molecular flexibility index (Phi) is 2.59. The predicted octanol–water partition coefficient (Wildman–Crippen LogP) is 3.35. The molecule has 3 nitrogen and oxygen atoms in total. The first-order chi connectivity index (χ1) is 8.65. The van der Waals surface area contributed by atoms with Gasteiger partial charge in [-0.3, -0.25) is 4.79 Å². The lowest BCUT2D eigenvalue weighted by molar-refractivity contribution is 0.0855. The highest BCUT2D eigenvalue weighted by Gasteiger charge is 2.29. The van der Waals surface area contributed by atoms with Crippen molar-refractivity contribution in [2.24, 2.45) is 0 Å². The van der Waals surface area contributed by atoms with E-state index in [-0.39, 0.29) is 11.9 Å². The molecule has 1 aromatic carbocycles. The zero-order valence-electron chi connectivity index (χ0n) is 9.97. The van der Waals surface area contributed by atoms with E-state index >= 15 is 0 Å². The van der Waals surface area contributed by atoms with Crippen molar-refractivity contribution in [3.05, 3.63) is 45.6 Å². The lowest BCUT2D eigenvalue weighted by atomic mass is 9.97. The van der Waals surface area contributed by atoms with E-state index in [4.69, 9.17) is 10.5 Å². The molecule has 0 spiro atoms. The van der Waals surface area contributed by atoms with Crippen LogP contribution in [0.5, 0.6) is 5.75 Å². The smallest absolute Gasteiger partial charge is 0.170 e. The normalized spacial score (nSPS) is 18.3. The molecule has 0 radical (unpaired) electrons. The van der Waals surface area contributed by atoms with Crippen LogP contribution in [0.4, 0.5) is 5.69 Å². The molecule has 0 fully saturated rings. The van der Waals surface area contributed by atoms with Crippen LogP contribution < -0.4 is 10.5 Å². The number of benzene rings is 1. The van der Waals surface area contributed by atoms with E-state index < -0.39 is 0 Å². The molecule has 3 rings (SSSR count). The molecule has 92 valence electrons. The molecule has 1 aromatic heterocycles. The van der Waals surface area contributed by atoms with Crippen LogP contribution in [0.1, 0.15) is 33.3 Å². The number of anilines is 1. The Hall–Kier alpha value is -1.81. The van der Waals surface area contributed by atoms with Crippen LogP contribution in [0.2, 0.25) is 0 Å². The monoisotopic (exact) mass is 259 g/mol. The maximum Gasteiger partial charge on any atom is 0.170 e. The summed E-state index contributed by atoms with van der Waals surface area (Å²) in [6, 6.07) is 7.63. The third-order valence-corrected chi connectivity index (χ3v) is 4.02. The number of hydrogen-bond acceptors (Lipinski definition) is 4. The molecular formula is C14H13NO2S. The standard InChI is InChI=1S/C14H13NO2S/c1-8-5-9-11(16)7-12(13-3-2-4-18-13)17-14(9)10(15)6-8/h2-6,12H,7,15H2,1H3. The first kappa shape index (κ1) is 11.3. The molecule has 2 N–H and O–H groups in total. The van der Waals surface area contributed by atoms with Gasteiger partial charge in [-0.2, -0.15) is 0 Å². The van der Waals surface area contributed by atoms with E-state index in [9.17, 15) is 4.79 Å². The number of ketones is 1. The van der Waals surface area contributed by atoms with Crippen LogP contribution in [-0.2, 0) is 0 Å². The zero-order chi connectivity index (χ0) is 12.7. The van der Waals surface area contributed by atoms with Gasteiger partial charge in [0, 0.05) is 4.88 Å². The predicted molar refractivity (Wildman–Crippen MR) is 72.2 cm³/mol. The van der Waals surface area contributed by atoms with E-state index in [1.54, 1.807) is 11.3 Å². The van der Waals surface area contributed by atoms with E-state index in [0.717, 1.165) is 10.4 Å². The van der Waals surface area contributed by atoms with Gasteiger partial charge in [-0.15, -0.1) is 11.3 Å². The topological polar surface area (TPSA) is 52.3 Å². The van der Waals surface area contributed by atoms with Crippen molar-refractivity contribution in [2.45, 2.75) is 19.4 Å². The van der Waals surface area contributed by atoms with Crippen molar-refractivity contribution >= 4 is 22.8 Å². The highest BCUT2D eigenvalue weighted by Crippen LogP contribution is 2.40. The minimum absolute atomic E-state index is 0.102. The second kappa shape index (κ2) is 4.14. The lowest BCUT2D eigenvalue weighted by Crippen LogP contribution is -2.20. The molecule has 0 saturated heterocycles. The number of fused-ring (bicyclic) bond motifs is 1. The number of thiophene rings is 1. The summed E-state index contributed by atoms with van der Waals surface area (Å²) in [7, 11) is 0. The zero-order valence-corrected chi connectivity index (χ0v) is 10.8. The van der Waals surface area contributed by atoms with Crippen molar-refractivity contribution in [3.63, 3.8) is 0 Å². The summed E-state index contributed by atoms with van der Waals surface area (Å²) < 4.78 is 5.90. The molecule has 1 unspecified atom stereocenters. The molecule has 2 aromatic rings. The summed E-state index contributed by atoms with van der Waals surface area (Å²) in [6.45, 7) is 1.93. The minimum Gasteiger partial charge on any atom is -0.481 e. The molecule has 0 amide bonds. The number of nitrogen functional groups attached to an aromatic ring is 1. The molecule has 1 aliphatic rings. The van der Waals surface area contributed by atoms with Crippen LogP contribution in [0, 0.1) is 6.92 Å². The summed E-state index contributed by atoms with van der Waals surface area (Å²) >= 11 is 1.60. The van der Waals surface area contributed by atoms with Gasteiger partial charge in [-0.05, 0) is 36.1 Å². The summed E-state index contributed by atoms with van der Waals surface area (Å²) in [5, 5.41) is 1.98. The molecule has 2 heterocycles. The maximum absolute atomic E-state index is 12.2. The van der Waals surface area contributed by atoms with Gasteiger partial charge in [0.1, 0.15) is 6.10 Å². The van der Waals surface area contributed by atoms with Crippen LogP contribution >= 0.6 is 11.3 Å². The average molecular weight is 259 g/mol. The van der Waals surface area contributed by atoms with Gasteiger partial charge in [0.25, 0.3) is 0 Å². The van der Waals surface area contributed by atoms with Crippen LogP contribution in [0.15, 0.2) is 29.6 Å². The average Bonchev–Trinajstić information content (AvgIpc) is 2.83. The van der Waals surface area contributed by atoms with Crippen molar-refractivity contribution in [2.75, 3.05) is 5.73 Å². The molecule has 4 heteroatoms. The number of nitrogens with two attached hydrogens (primary N) is 1. The Morgan fingerprint density at radius 1 is 1.44 bits per heavy atom. The fourth-order valence-corrected chi connectivity index (χ4v) is 2.99. The summed E-state index contributed by atoms with van der Waals surface area (Å²) in [4.78, 5) is 13.2.